The molecule has 1 aromatic heterocycles. The Balaban J connectivity index is 2.36. The zero-order chi connectivity index (χ0) is 13.1. The molecule has 0 amide bonds. The van der Waals surface area contributed by atoms with Crippen LogP contribution in [0.2, 0.25) is 0 Å². The van der Waals surface area contributed by atoms with E-state index in [1.54, 1.807) is 0 Å². The molecule has 1 heterocycles. The summed E-state index contributed by atoms with van der Waals surface area (Å²) in [5, 5.41) is 3.21. The van der Waals surface area contributed by atoms with Gasteiger partial charge in [0, 0.05) is 19.4 Å². The van der Waals surface area contributed by atoms with Crippen molar-refractivity contribution < 1.29 is 0 Å². The minimum atomic E-state index is 0.603. The van der Waals surface area contributed by atoms with Crippen molar-refractivity contribution in [2.75, 3.05) is 12.4 Å². The quantitative estimate of drug-likeness (QED) is 0.827. The van der Waals surface area contributed by atoms with Crippen LogP contribution in [-0.4, -0.2) is 17.0 Å². The molecule has 0 unspecified atom stereocenters. The summed E-state index contributed by atoms with van der Waals surface area (Å²) in [4.78, 5) is 9.48. The van der Waals surface area contributed by atoms with Crippen LogP contribution in [0.5, 0.6) is 0 Å². The Hall–Kier alpha value is -0.390. The first-order chi connectivity index (χ1) is 8.61. The fourth-order valence-electron chi connectivity index (χ4n) is 2.60. The van der Waals surface area contributed by atoms with Gasteiger partial charge in [-0.2, -0.15) is 0 Å². The third kappa shape index (κ3) is 3.13. The maximum atomic E-state index is 4.84. The van der Waals surface area contributed by atoms with Gasteiger partial charge >= 0.3 is 0 Å². The van der Waals surface area contributed by atoms with Gasteiger partial charge < -0.3 is 5.32 Å². The lowest BCUT2D eigenvalue weighted by Gasteiger charge is -2.16. The monoisotopic (exact) mass is 359 g/mol. The summed E-state index contributed by atoms with van der Waals surface area (Å²) in [5.74, 6) is 3.25. The first kappa shape index (κ1) is 14.0. The molecule has 0 atom stereocenters. The van der Waals surface area contributed by atoms with Crippen LogP contribution in [0.1, 0.15) is 57.0 Å². The van der Waals surface area contributed by atoms with Gasteiger partial charge in [-0.3, -0.25) is 0 Å². The highest BCUT2D eigenvalue weighted by atomic mass is 127. The molecule has 0 radical (unpaired) electrons. The third-order valence-corrected chi connectivity index (χ3v) is 4.56. The highest BCUT2D eigenvalue weighted by Crippen LogP contribution is 2.36. The molecule has 1 aliphatic rings. The van der Waals surface area contributed by atoms with E-state index in [0.717, 1.165) is 18.1 Å². The van der Waals surface area contributed by atoms with E-state index in [0.29, 0.717) is 11.8 Å². The van der Waals surface area contributed by atoms with Gasteiger partial charge in [-0.05, 0) is 41.4 Å². The van der Waals surface area contributed by atoms with Crippen LogP contribution in [-0.2, 0) is 6.42 Å². The van der Waals surface area contributed by atoms with E-state index in [1.165, 1.54) is 34.9 Å². The molecule has 1 saturated carbocycles. The summed E-state index contributed by atoms with van der Waals surface area (Å²) < 4.78 is 1.22. The molecule has 0 saturated heterocycles. The average Bonchev–Trinajstić information content (AvgIpc) is 2.84. The normalized spacial score (nSPS) is 16.5. The number of halogens is 1. The molecule has 2 rings (SSSR count). The Morgan fingerprint density at radius 2 is 1.94 bits per heavy atom. The van der Waals surface area contributed by atoms with Crippen LogP contribution >= 0.6 is 22.6 Å². The van der Waals surface area contributed by atoms with Crippen molar-refractivity contribution in [3.63, 3.8) is 0 Å². The van der Waals surface area contributed by atoms with Crippen molar-refractivity contribution >= 4 is 28.4 Å². The second kappa shape index (κ2) is 6.17. The largest absolute Gasteiger partial charge is 0.372 e. The van der Waals surface area contributed by atoms with Crippen LogP contribution in [0.3, 0.4) is 0 Å². The Morgan fingerprint density at radius 3 is 2.50 bits per heavy atom. The fraction of sp³-hybridized carbons (Fsp3) is 0.714. The van der Waals surface area contributed by atoms with Crippen LogP contribution in [0, 0.1) is 9.49 Å². The van der Waals surface area contributed by atoms with Crippen LogP contribution < -0.4 is 5.32 Å². The van der Waals surface area contributed by atoms with Gasteiger partial charge in [0.25, 0.3) is 0 Å². The molecule has 0 bridgehead atoms. The van der Waals surface area contributed by atoms with Crippen molar-refractivity contribution in [1.82, 2.24) is 9.97 Å². The lowest BCUT2D eigenvalue weighted by molar-refractivity contribution is 0.606. The average molecular weight is 359 g/mol. The minimum Gasteiger partial charge on any atom is -0.372 e. The summed E-state index contributed by atoms with van der Waals surface area (Å²) in [7, 11) is 1.95. The molecule has 1 fully saturated rings. The molecule has 1 aliphatic carbocycles. The Bertz CT molecular complexity index is 412. The van der Waals surface area contributed by atoms with Crippen LogP contribution in [0.4, 0.5) is 5.82 Å². The third-order valence-electron chi connectivity index (χ3n) is 3.49. The summed E-state index contributed by atoms with van der Waals surface area (Å²) in [5.41, 5.74) is 1.28. The van der Waals surface area contributed by atoms with Gasteiger partial charge in [-0.25, -0.2) is 9.97 Å². The molecule has 4 heteroatoms. The number of hydrogen-bond donors (Lipinski definition) is 1. The predicted octanol–water partition coefficient (Wildman–Crippen LogP) is 3.98. The van der Waals surface area contributed by atoms with E-state index in [-0.39, 0.29) is 0 Å². The van der Waals surface area contributed by atoms with Crippen molar-refractivity contribution in [1.29, 1.82) is 0 Å². The molecular weight excluding hydrogens is 337 g/mol. The van der Waals surface area contributed by atoms with E-state index in [9.17, 15) is 0 Å². The van der Waals surface area contributed by atoms with Crippen LogP contribution in [0.25, 0.3) is 0 Å². The predicted molar refractivity (Wildman–Crippen MR) is 84.0 cm³/mol. The number of hydrogen-bond acceptors (Lipinski definition) is 3. The van der Waals surface area contributed by atoms with E-state index in [1.807, 2.05) is 7.05 Å². The summed E-state index contributed by atoms with van der Waals surface area (Å²) in [6, 6.07) is 0. The highest BCUT2D eigenvalue weighted by molar-refractivity contribution is 14.1. The van der Waals surface area contributed by atoms with Crippen molar-refractivity contribution in [2.24, 2.45) is 5.92 Å². The molecule has 0 aromatic carbocycles. The first-order valence-corrected chi connectivity index (χ1v) is 7.93. The molecule has 0 aliphatic heterocycles. The second-order valence-electron chi connectivity index (χ2n) is 5.52. The van der Waals surface area contributed by atoms with Crippen molar-refractivity contribution in [3.8, 4) is 0 Å². The van der Waals surface area contributed by atoms with Crippen molar-refractivity contribution in [2.45, 2.75) is 51.9 Å². The Kier molecular flexibility index (Phi) is 4.81. The van der Waals surface area contributed by atoms with Gasteiger partial charge in [0.2, 0.25) is 0 Å². The topological polar surface area (TPSA) is 37.8 Å². The van der Waals surface area contributed by atoms with Gasteiger partial charge in [-0.1, -0.05) is 26.7 Å². The molecule has 0 spiro atoms. The first-order valence-electron chi connectivity index (χ1n) is 6.86. The van der Waals surface area contributed by atoms with Gasteiger partial charge in [0.05, 0.1) is 9.26 Å². The van der Waals surface area contributed by atoms with E-state index in [4.69, 9.17) is 4.98 Å². The molecule has 100 valence electrons. The van der Waals surface area contributed by atoms with E-state index < -0.39 is 0 Å². The summed E-state index contributed by atoms with van der Waals surface area (Å²) in [6.45, 7) is 4.44. The van der Waals surface area contributed by atoms with Gasteiger partial charge in [0.15, 0.2) is 0 Å². The van der Waals surface area contributed by atoms with E-state index in [2.05, 4.69) is 46.7 Å². The number of nitrogens with zero attached hydrogens (tertiary/aromatic N) is 2. The highest BCUT2D eigenvalue weighted by Gasteiger charge is 2.23. The maximum absolute atomic E-state index is 4.84. The molecule has 18 heavy (non-hydrogen) atoms. The summed E-state index contributed by atoms with van der Waals surface area (Å²) >= 11 is 2.39. The number of rotatable bonds is 4. The second-order valence-corrected chi connectivity index (χ2v) is 6.60. The molecule has 1 aromatic rings. The Morgan fingerprint density at radius 1 is 1.28 bits per heavy atom. The van der Waals surface area contributed by atoms with Gasteiger partial charge in [-0.15, -0.1) is 0 Å². The fourth-order valence-corrected chi connectivity index (χ4v) is 3.56. The smallest absolute Gasteiger partial charge is 0.143 e. The van der Waals surface area contributed by atoms with Gasteiger partial charge in [0.1, 0.15) is 11.6 Å². The SMILES string of the molecule is CNc1nc(CC(C)C)nc(C2CCCC2)c1I. The zero-order valence-corrected chi connectivity index (χ0v) is 13.6. The van der Waals surface area contributed by atoms with E-state index >= 15 is 0 Å². The minimum absolute atomic E-state index is 0.603. The van der Waals surface area contributed by atoms with Crippen molar-refractivity contribution in [3.05, 3.63) is 15.1 Å². The van der Waals surface area contributed by atoms with Crippen LogP contribution in [0.15, 0.2) is 0 Å². The maximum Gasteiger partial charge on any atom is 0.143 e. The number of anilines is 1. The Labute approximate surface area is 123 Å². The molecule has 3 nitrogen and oxygen atoms in total. The lowest BCUT2D eigenvalue weighted by atomic mass is 10.0. The summed E-state index contributed by atoms with van der Waals surface area (Å²) in [6.07, 6.45) is 6.23. The lowest BCUT2D eigenvalue weighted by Crippen LogP contribution is -2.11. The standard InChI is InChI=1S/C14H22IN3/c1-9(2)8-11-17-13(10-6-4-5-7-10)12(15)14(16-3)18-11/h9-10H,4-8H2,1-3H3,(H,16,17,18). The number of nitrogens with one attached hydrogen (secondary N) is 1. The molecular formula is C14H22IN3. The zero-order valence-electron chi connectivity index (χ0n) is 11.5. The molecule has 1 N–H and O–H groups in total. The number of aromatic nitrogens is 2.